The third-order valence-corrected chi connectivity index (χ3v) is 3.06. The van der Waals surface area contributed by atoms with E-state index in [1.54, 1.807) is 23.2 Å². The summed E-state index contributed by atoms with van der Waals surface area (Å²) in [6, 6.07) is 3.46. The van der Waals surface area contributed by atoms with Crippen LogP contribution in [-0.4, -0.2) is 40.6 Å². The summed E-state index contributed by atoms with van der Waals surface area (Å²) in [6.45, 7) is 3.08. The molecular formula is C12H17BrN2O2. The standard InChI is InChI=1S/C12H17BrN2O2/c1-2-3-7-15(8-9-16)12(17)10-5-4-6-14-11(10)13/h4-6,16H,2-3,7-9H2,1H3. The summed E-state index contributed by atoms with van der Waals surface area (Å²) in [5.41, 5.74) is 0.539. The van der Waals surface area contributed by atoms with Gasteiger partial charge in [0.15, 0.2) is 0 Å². The molecule has 5 heteroatoms. The van der Waals surface area contributed by atoms with Crippen molar-refractivity contribution in [3.05, 3.63) is 28.5 Å². The number of aliphatic hydroxyl groups excluding tert-OH is 1. The van der Waals surface area contributed by atoms with E-state index in [9.17, 15) is 4.79 Å². The maximum atomic E-state index is 12.2. The molecular weight excluding hydrogens is 284 g/mol. The number of carbonyl (C=O) groups excluding carboxylic acids is 1. The lowest BCUT2D eigenvalue weighted by Gasteiger charge is -2.21. The maximum Gasteiger partial charge on any atom is 0.256 e. The maximum absolute atomic E-state index is 12.2. The Hall–Kier alpha value is -0.940. The SMILES string of the molecule is CCCCN(CCO)C(=O)c1cccnc1Br. The summed E-state index contributed by atoms with van der Waals surface area (Å²) in [5, 5.41) is 8.98. The van der Waals surface area contributed by atoms with Gasteiger partial charge < -0.3 is 10.0 Å². The number of hydrogen-bond acceptors (Lipinski definition) is 3. The van der Waals surface area contributed by atoms with Gasteiger partial charge in [0, 0.05) is 19.3 Å². The molecule has 17 heavy (non-hydrogen) atoms. The summed E-state index contributed by atoms with van der Waals surface area (Å²) in [6.07, 6.45) is 3.58. The summed E-state index contributed by atoms with van der Waals surface area (Å²) < 4.78 is 0.546. The molecule has 0 aliphatic rings. The molecule has 1 heterocycles. The highest BCUT2D eigenvalue weighted by atomic mass is 79.9. The number of nitrogens with zero attached hydrogens (tertiary/aromatic N) is 2. The van der Waals surface area contributed by atoms with Crippen molar-refractivity contribution in [1.29, 1.82) is 0 Å². The van der Waals surface area contributed by atoms with Crippen LogP contribution in [0, 0.1) is 0 Å². The summed E-state index contributed by atoms with van der Waals surface area (Å²) in [4.78, 5) is 17.9. The second-order valence-electron chi connectivity index (χ2n) is 3.71. The van der Waals surface area contributed by atoms with Crippen LogP contribution < -0.4 is 0 Å². The predicted octanol–water partition coefficient (Wildman–Crippen LogP) is 2.08. The number of amides is 1. The van der Waals surface area contributed by atoms with E-state index in [2.05, 4.69) is 27.8 Å². The first kappa shape index (κ1) is 14.1. The van der Waals surface area contributed by atoms with Crippen molar-refractivity contribution in [2.24, 2.45) is 0 Å². The molecule has 1 amide bonds. The van der Waals surface area contributed by atoms with Crippen LogP contribution in [0.5, 0.6) is 0 Å². The number of pyridine rings is 1. The molecule has 0 aliphatic heterocycles. The van der Waals surface area contributed by atoms with E-state index in [1.165, 1.54) is 0 Å². The molecule has 0 unspecified atom stereocenters. The second-order valence-corrected chi connectivity index (χ2v) is 4.46. The molecule has 0 spiro atoms. The van der Waals surface area contributed by atoms with Gasteiger partial charge in [-0.15, -0.1) is 0 Å². The first-order chi connectivity index (χ1) is 8.20. The van der Waals surface area contributed by atoms with Gasteiger partial charge in [-0.25, -0.2) is 4.98 Å². The third kappa shape index (κ3) is 4.09. The first-order valence-corrected chi connectivity index (χ1v) is 6.50. The van der Waals surface area contributed by atoms with Crippen molar-refractivity contribution in [3.63, 3.8) is 0 Å². The molecule has 0 radical (unpaired) electrons. The van der Waals surface area contributed by atoms with Crippen molar-refractivity contribution in [3.8, 4) is 0 Å². The monoisotopic (exact) mass is 300 g/mol. The molecule has 0 saturated heterocycles. The van der Waals surface area contributed by atoms with E-state index in [0.717, 1.165) is 12.8 Å². The number of aromatic nitrogens is 1. The summed E-state index contributed by atoms with van der Waals surface area (Å²) >= 11 is 3.26. The minimum absolute atomic E-state index is 0.0205. The lowest BCUT2D eigenvalue weighted by Crippen LogP contribution is -2.34. The molecule has 0 aromatic carbocycles. The Labute approximate surface area is 110 Å². The lowest BCUT2D eigenvalue weighted by molar-refractivity contribution is 0.0718. The van der Waals surface area contributed by atoms with Crippen LogP contribution in [0.25, 0.3) is 0 Å². The largest absolute Gasteiger partial charge is 0.395 e. The first-order valence-electron chi connectivity index (χ1n) is 5.71. The van der Waals surface area contributed by atoms with E-state index >= 15 is 0 Å². The van der Waals surface area contributed by atoms with Gasteiger partial charge in [0.1, 0.15) is 4.60 Å². The molecule has 1 aromatic heterocycles. The number of hydrogen-bond donors (Lipinski definition) is 1. The van der Waals surface area contributed by atoms with Crippen LogP contribution in [0.4, 0.5) is 0 Å². The van der Waals surface area contributed by atoms with E-state index in [1.807, 2.05) is 0 Å². The highest BCUT2D eigenvalue weighted by Crippen LogP contribution is 2.15. The number of unbranched alkanes of at least 4 members (excludes halogenated alkanes) is 1. The average molecular weight is 301 g/mol. The predicted molar refractivity (Wildman–Crippen MR) is 69.8 cm³/mol. The molecule has 94 valence electrons. The quantitative estimate of drug-likeness (QED) is 0.819. The second kappa shape index (κ2) is 7.40. The summed E-state index contributed by atoms with van der Waals surface area (Å²) in [7, 11) is 0. The third-order valence-electron chi connectivity index (χ3n) is 2.43. The normalized spacial score (nSPS) is 10.3. The summed E-state index contributed by atoms with van der Waals surface area (Å²) in [5.74, 6) is -0.0903. The highest BCUT2D eigenvalue weighted by molar-refractivity contribution is 9.10. The Morgan fingerprint density at radius 2 is 2.29 bits per heavy atom. The van der Waals surface area contributed by atoms with Crippen LogP contribution in [0.15, 0.2) is 22.9 Å². The lowest BCUT2D eigenvalue weighted by atomic mass is 10.2. The van der Waals surface area contributed by atoms with E-state index in [-0.39, 0.29) is 12.5 Å². The molecule has 1 rings (SSSR count). The molecule has 0 aliphatic carbocycles. The molecule has 0 atom stereocenters. The molecule has 0 fully saturated rings. The van der Waals surface area contributed by atoms with Gasteiger partial charge in [-0.1, -0.05) is 13.3 Å². The Bertz CT molecular complexity index is 371. The Morgan fingerprint density at radius 1 is 1.53 bits per heavy atom. The fourth-order valence-electron chi connectivity index (χ4n) is 1.50. The molecule has 0 saturated carbocycles. The zero-order chi connectivity index (χ0) is 12.7. The number of carbonyl (C=O) groups is 1. The van der Waals surface area contributed by atoms with Crippen LogP contribution in [0.1, 0.15) is 30.1 Å². The minimum Gasteiger partial charge on any atom is -0.395 e. The molecule has 1 N–H and O–H groups in total. The van der Waals surface area contributed by atoms with E-state index < -0.39 is 0 Å². The fraction of sp³-hybridized carbons (Fsp3) is 0.500. The van der Waals surface area contributed by atoms with Crippen LogP contribution in [0.2, 0.25) is 0 Å². The average Bonchev–Trinajstić information content (AvgIpc) is 2.34. The Kier molecular flexibility index (Phi) is 6.15. The van der Waals surface area contributed by atoms with E-state index in [0.29, 0.717) is 23.3 Å². The minimum atomic E-state index is -0.0903. The van der Waals surface area contributed by atoms with Crippen molar-refractivity contribution in [2.45, 2.75) is 19.8 Å². The molecule has 4 nitrogen and oxygen atoms in total. The fourth-order valence-corrected chi connectivity index (χ4v) is 1.92. The van der Waals surface area contributed by atoms with Crippen molar-refractivity contribution in [2.75, 3.05) is 19.7 Å². The van der Waals surface area contributed by atoms with Crippen molar-refractivity contribution in [1.82, 2.24) is 9.88 Å². The van der Waals surface area contributed by atoms with Gasteiger partial charge in [-0.3, -0.25) is 4.79 Å². The smallest absolute Gasteiger partial charge is 0.256 e. The van der Waals surface area contributed by atoms with Gasteiger partial charge in [-0.05, 0) is 34.5 Å². The number of rotatable bonds is 6. The molecule has 0 bridgehead atoms. The van der Waals surface area contributed by atoms with Crippen LogP contribution in [0.3, 0.4) is 0 Å². The zero-order valence-corrected chi connectivity index (χ0v) is 11.5. The highest BCUT2D eigenvalue weighted by Gasteiger charge is 2.17. The zero-order valence-electron chi connectivity index (χ0n) is 9.90. The van der Waals surface area contributed by atoms with E-state index in [4.69, 9.17) is 5.11 Å². The van der Waals surface area contributed by atoms with Gasteiger partial charge >= 0.3 is 0 Å². The van der Waals surface area contributed by atoms with Crippen molar-refractivity contribution >= 4 is 21.8 Å². The Morgan fingerprint density at radius 3 is 2.88 bits per heavy atom. The topological polar surface area (TPSA) is 53.4 Å². The van der Waals surface area contributed by atoms with Gasteiger partial charge in [0.2, 0.25) is 0 Å². The van der Waals surface area contributed by atoms with Crippen molar-refractivity contribution < 1.29 is 9.90 Å². The van der Waals surface area contributed by atoms with Crippen LogP contribution >= 0.6 is 15.9 Å². The number of aliphatic hydroxyl groups is 1. The van der Waals surface area contributed by atoms with Gasteiger partial charge in [0.05, 0.1) is 12.2 Å². The van der Waals surface area contributed by atoms with Crippen LogP contribution in [-0.2, 0) is 0 Å². The Balaban J connectivity index is 2.80. The molecule has 1 aromatic rings. The number of halogens is 1. The van der Waals surface area contributed by atoms with Gasteiger partial charge in [0.25, 0.3) is 5.91 Å². The van der Waals surface area contributed by atoms with Gasteiger partial charge in [-0.2, -0.15) is 0 Å².